The van der Waals surface area contributed by atoms with E-state index in [-0.39, 0.29) is 46.2 Å². The third kappa shape index (κ3) is 5.98. The molecule has 13 heteroatoms. The second-order valence-electron chi connectivity index (χ2n) is 14.0. The number of aliphatic imine (C=N–C) groups is 2. The summed E-state index contributed by atoms with van der Waals surface area (Å²) in [7, 11) is -5.67. The van der Waals surface area contributed by atoms with Crippen LogP contribution >= 0.6 is 0 Å². The monoisotopic (exact) mass is 621 g/mol. The molecule has 4 aliphatic rings. The van der Waals surface area contributed by atoms with Crippen LogP contribution in [0.4, 0.5) is 0 Å². The molecule has 6 atom stereocenters. The number of carbonyl (C=O) groups is 1. The van der Waals surface area contributed by atoms with E-state index in [1.807, 2.05) is 4.90 Å². The van der Waals surface area contributed by atoms with Crippen LogP contribution in [-0.4, -0.2) is 92.6 Å². The van der Waals surface area contributed by atoms with Crippen LogP contribution in [0.1, 0.15) is 55.4 Å². The van der Waals surface area contributed by atoms with Crippen molar-refractivity contribution in [1.82, 2.24) is 15.5 Å². The zero-order chi connectivity index (χ0) is 30.5. The highest BCUT2D eigenvalue weighted by Crippen LogP contribution is 2.48. The van der Waals surface area contributed by atoms with E-state index in [2.05, 4.69) is 107 Å². The van der Waals surface area contributed by atoms with Crippen molar-refractivity contribution in [2.45, 2.75) is 128 Å². The van der Waals surface area contributed by atoms with E-state index in [1.54, 1.807) is 13.4 Å². The number of hydrogen-bond donors (Lipinski definition) is 2. The highest BCUT2D eigenvalue weighted by atomic mass is 28.5. The number of hydrogen-bond acceptors (Lipinski definition) is 8. The standard InChI is InChI=1S/C28H51N5O5Si3/c1-17(2)40(18(3)4)35-15-22-24(37-41(38-40,19(5)6)20(7)8)21(13-14-39(10,11)12)27(36-22)33-16-30-23-25(33)31-28(29-9)32-26(23)34/h16-25,27H,15H2,1-12H3,(H2,29,31,32,34)/t21?,22-,23?,24-,25?,27-/m1/s1. The van der Waals surface area contributed by atoms with Crippen LogP contribution in [0.5, 0.6) is 0 Å². The van der Waals surface area contributed by atoms with Crippen LogP contribution in [0.3, 0.4) is 0 Å². The molecule has 4 rings (SSSR count). The van der Waals surface area contributed by atoms with Crippen molar-refractivity contribution in [3.63, 3.8) is 0 Å². The van der Waals surface area contributed by atoms with Crippen LogP contribution < -0.4 is 10.6 Å². The van der Waals surface area contributed by atoms with Gasteiger partial charge in [-0.3, -0.25) is 20.1 Å². The quantitative estimate of drug-likeness (QED) is 0.354. The minimum atomic E-state index is -2.87. The van der Waals surface area contributed by atoms with Gasteiger partial charge >= 0.3 is 17.1 Å². The van der Waals surface area contributed by atoms with E-state index in [0.717, 1.165) is 0 Å². The van der Waals surface area contributed by atoms with E-state index in [4.69, 9.17) is 17.7 Å². The molecule has 0 aromatic carbocycles. The number of amides is 1. The SMILES string of the molecule is CN=C1NC(=O)C2N=CN([C@@H]3O[C@@H]4CO[Si](C(C)C)(C(C)C)O[Si](C(C)C)(C(C)C)O[C@@H]4C3C#C[Si](C)(C)C)C2N1. The van der Waals surface area contributed by atoms with Crippen molar-refractivity contribution in [2.24, 2.45) is 15.9 Å². The smallest absolute Gasteiger partial charge is 0.335 e. The third-order valence-electron chi connectivity index (χ3n) is 8.58. The molecule has 4 heterocycles. The van der Waals surface area contributed by atoms with E-state index >= 15 is 0 Å². The average molecular weight is 622 g/mol. The van der Waals surface area contributed by atoms with Crippen LogP contribution in [-0.2, 0) is 22.5 Å². The second kappa shape index (κ2) is 11.9. The summed E-state index contributed by atoms with van der Waals surface area (Å²) < 4.78 is 28.7. The summed E-state index contributed by atoms with van der Waals surface area (Å²) in [6.07, 6.45) is 0.147. The first-order chi connectivity index (χ1) is 19.1. The van der Waals surface area contributed by atoms with Crippen molar-refractivity contribution >= 4 is 43.4 Å². The number of nitrogens with zero attached hydrogens (tertiary/aromatic N) is 3. The van der Waals surface area contributed by atoms with Crippen LogP contribution in [0.25, 0.3) is 0 Å². The fourth-order valence-electron chi connectivity index (χ4n) is 6.41. The fourth-order valence-corrected chi connectivity index (χ4v) is 18.2. The molecule has 41 heavy (non-hydrogen) atoms. The highest BCUT2D eigenvalue weighted by Gasteiger charge is 2.62. The Morgan fingerprint density at radius 3 is 2.20 bits per heavy atom. The number of rotatable bonds is 5. The molecule has 0 bridgehead atoms. The largest absolute Gasteiger partial charge is 0.414 e. The van der Waals surface area contributed by atoms with Gasteiger partial charge in [0.15, 0.2) is 12.0 Å². The summed E-state index contributed by atoms with van der Waals surface area (Å²) in [5, 5.41) is 6.12. The van der Waals surface area contributed by atoms with Crippen molar-refractivity contribution in [2.75, 3.05) is 13.7 Å². The molecule has 10 nitrogen and oxygen atoms in total. The van der Waals surface area contributed by atoms with Crippen LogP contribution in [0.15, 0.2) is 9.98 Å². The summed E-state index contributed by atoms with van der Waals surface area (Å²) in [5.41, 5.74) is 4.49. The maximum absolute atomic E-state index is 12.8. The number of guanidine groups is 1. The molecule has 3 fully saturated rings. The summed E-state index contributed by atoms with van der Waals surface area (Å²) in [6, 6.07) is -0.606. The number of nitrogens with one attached hydrogen (secondary N) is 2. The van der Waals surface area contributed by atoms with E-state index < -0.39 is 43.6 Å². The molecular formula is C28H51N5O5Si3. The van der Waals surface area contributed by atoms with Gasteiger partial charge in [0.2, 0.25) is 0 Å². The zero-order valence-electron chi connectivity index (χ0n) is 26.9. The number of carbonyl (C=O) groups excluding carboxylic acids is 1. The van der Waals surface area contributed by atoms with Gasteiger partial charge in [0.05, 0.1) is 25.0 Å². The third-order valence-corrected chi connectivity index (χ3v) is 19.7. The minimum Gasteiger partial charge on any atom is -0.414 e. The van der Waals surface area contributed by atoms with Crippen molar-refractivity contribution < 1.29 is 22.5 Å². The molecule has 0 aliphatic carbocycles. The molecule has 230 valence electrons. The molecule has 0 aromatic rings. The Morgan fingerprint density at radius 1 is 1.05 bits per heavy atom. The van der Waals surface area contributed by atoms with Crippen molar-refractivity contribution in [1.29, 1.82) is 0 Å². The maximum atomic E-state index is 12.8. The fraction of sp³-hybridized carbons (Fsp3) is 0.821. The summed E-state index contributed by atoms with van der Waals surface area (Å²) >= 11 is 0. The normalized spacial score (nSPS) is 33.8. The molecule has 0 aromatic heterocycles. The lowest BCUT2D eigenvalue weighted by Gasteiger charge is -2.51. The molecule has 4 aliphatic heterocycles. The van der Waals surface area contributed by atoms with Crippen molar-refractivity contribution in [3.8, 4) is 11.5 Å². The van der Waals surface area contributed by atoms with E-state index in [1.165, 1.54) is 0 Å². The molecule has 0 saturated carbocycles. The molecule has 1 amide bonds. The molecule has 2 N–H and O–H groups in total. The molecular weight excluding hydrogens is 571 g/mol. The average Bonchev–Trinajstić information content (AvgIpc) is 3.42. The second-order valence-corrected chi connectivity index (χ2v) is 27.6. The number of fused-ring (bicyclic) bond motifs is 2. The topological polar surface area (TPSA) is 106 Å². The zero-order valence-corrected chi connectivity index (χ0v) is 29.9. The van der Waals surface area contributed by atoms with E-state index in [9.17, 15) is 4.79 Å². The Bertz CT molecular complexity index is 1100. The first-order valence-corrected chi connectivity index (χ1v) is 22.6. The lowest BCUT2D eigenvalue weighted by atomic mass is 9.99. The Kier molecular flexibility index (Phi) is 9.36. The highest BCUT2D eigenvalue weighted by molar-refractivity contribution is 6.84. The van der Waals surface area contributed by atoms with Gasteiger partial charge < -0.3 is 27.9 Å². The van der Waals surface area contributed by atoms with Gasteiger partial charge in [-0.15, -0.1) is 5.54 Å². The Labute approximate surface area is 249 Å². The summed E-state index contributed by atoms with van der Waals surface area (Å²) in [4.78, 5) is 23.6. The Morgan fingerprint density at radius 2 is 1.66 bits per heavy atom. The van der Waals surface area contributed by atoms with E-state index in [0.29, 0.717) is 12.6 Å². The first kappa shape index (κ1) is 32.4. The summed E-state index contributed by atoms with van der Waals surface area (Å²) in [5.74, 6) is 3.58. The predicted octanol–water partition coefficient (Wildman–Crippen LogP) is 3.91. The van der Waals surface area contributed by atoms with Gasteiger partial charge in [-0.05, 0) is 22.2 Å². The molecule has 0 spiro atoms. The first-order valence-electron chi connectivity index (χ1n) is 15.1. The minimum absolute atomic E-state index is 0.189. The van der Waals surface area contributed by atoms with Gasteiger partial charge in [0, 0.05) is 7.05 Å². The molecule has 3 saturated heterocycles. The summed E-state index contributed by atoms with van der Waals surface area (Å²) in [6.45, 7) is 24.9. The Balaban J connectivity index is 1.81. The lowest BCUT2D eigenvalue weighted by Crippen LogP contribution is -2.66. The van der Waals surface area contributed by atoms with Gasteiger partial charge in [-0.1, -0.05) is 81.0 Å². The predicted molar refractivity (Wildman–Crippen MR) is 170 cm³/mol. The molecule has 0 radical (unpaired) electrons. The van der Waals surface area contributed by atoms with Crippen LogP contribution in [0.2, 0.25) is 41.8 Å². The van der Waals surface area contributed by atoms with Gasteiger partial charge in [-0.2, -0.15) is 0 Å². The maximum Gasteiger partial charge on any atom is 0.335 e. The van der Waals surface area contributed by atoms with Crippen molar-refractivity contribution in [3.05, 3.63) is 0 Å². The molecule has 3 unspecified atom stereocenters. The van der Waals surface area contributed by atoms with Gasteiger partial charge in [0.25, 0.3) is 5.91 Å². The lowest BCUT2D eigenvalue weighted by molar-refractivity contribution is -0.124. The van der Waals surface area contributed by atoms with Gasteiger partial charge in [-0.25, -0.2) is 0 Å². The van der Waals surface area contributed by atoms with Gasteiger partial charge in [0.1, 0.15) is 26.6 Å². The van der Waals surface area contributed by atoms with Crippen LogP contribution in [0, 0.1) is 17.4 Å². The number of ether oxygens (including phenoxy) is 1. The Hall–Kier alpha value is -1.54.